The quantitative estimate of drug-likeness (QED) is 0.901. The van der Waals surface area contributed by atoms with E-state index in [4.69, 9.17) is 10.5 Å². The summed E-state index contributed by atoms with van der Waals surface area (Å²) in [5, 5.41) is 0. The summed E-state index contributed by atoms with van der Waals surface area (Å²) in [6, 6.07) is 4.94. The summed E-state index contributed by atoms with van der Waals surface area (Å²) in [7, 11) is 1.41. The van der Waals surface area contributed by atoms with E-state index in [0.717, 1.165) is 0 Å². The molecule has 0 saturated heterocycles. The Morgan fingerprint density at radius 3 is 2.67 bits per heavy atom. The first-order valence-corrected chi connectivity index (χ1v) is 6.30. The van der Waals surface area contributed by atoms with Gasteiger partial charge in [0, 0.05) is 12.5 Å². The van der Waals surface area contributed by atoms with E-state index in [2.05, 4.69) is 0 Å². The number of benzene rings is 1. The zero-order valence-electron chi connectivity index (χ0n) is 10.6. The Balaban J connectivity index is 2.14. The molecule has 0 aromatic heterocycles. The maximum Gasteiger partial charge on any atom is 0.168 e. The number of methoxy groups -OCH3 is 1. The van der Waals surface area contributed by atoms with E-state index in [1.807, 2.05) is 0 Å². The third-order valence-electron chi connectivity index (χ3n) is 3.70. The van der Waals surface area contributed by atoms with E-state index in [1.54, 1.807) is 18.2 Å². The normalized spacial score (nSPS) is 28.1. The SMILES string of the molecule is COc1cccc(CC2(F)CCC(N)CC2)c1F. The van der Waals surface area contributed by atoms with Gasteiger partial charge in [-0.05, 0) is 37.3 Å². The van der Waals surface area contributed by atoms with Gasteiger partial charge in [-0.2, -0.15) is 0 Å². The Morgan fingerprint density at radius 1 is 1.39 bits per heavy atom. The van der Waals surface area contributed by atoms with Crippen LogP contribution in [0.15, 0.2) is 18.2 Å². The van der Waals surface area contributed by atoms with Crippen LogP contribution in [-0.2, 0) is 6.42 Å². The average Bonchev–Trinajstić information content (AvgIpc) is 2.36. The molecule has 1 saturated carbocycles. The summed E-state index contributed by atoms with van der Waals surface area (Å²) in [5.74, 6) is -0.282. The number of rotatable bonds is 3. The van der Waals surface area contributed by atoms with Crippen LogP contribution in [0.3, 0.4) is 0 Å². The van der Waals surface area contributed by atoms with Gasteiger partial charge in [-0.15, -0.1) is 0 Å². The number of halogens is 2. The van der Waals surface area contributed by atoms with Crippen LogP contribution in [0.25, 0.3) is 0 Å². The average molecular weight is 255 g/mol. The molecule has 0 heterocycles. The van der Waals surface area contributed by atoms with Gasteiger partial charge < -0.3 is 10.5 Å². The third kappa shape index (κ3) is 2.80. The number of hydrogen-bond donors (Lipinski definition) is 1. The number of nitrogens with two attached hydrogens (primary N) is 1. The monoisotopic (exact) mass is 255 g/mol. The van der Waals surface area contributed by atoms with Crippen LogP contribution < -0.4 is 10.5 Å². The van der Waals surface area contributed by atoms with Gasteiger partial charge in [0.15, 0.2) is 11.6 Å². The molecule has 1 aliphatic carbocycles. The Labute approximate surface area is 106 Å². The molecular weight excluding hydrogens is 236 g/mol. The van der Waals surface area contributed by atoms with Crippen LogP contribution in [0.2, 0.25) is 0 Å². The standard InChI is InChI=1S/C14H19F2NO/c1-18-12-4-2-3-10(13(12)15)9-14(16)7-5-11(17)6-8-14/h2-4,11H,5-9,17H2,1H3. The summed E-state index contributed by atoms with van der Waals surface area (Å²) in [6.45, 7) is 0. The maximum absolute atomic E-state index is 14.6. The molecule has 0 atom stereocenters. The largest absolute Gasteiger partial charge is 0.494 e. The Bertz CT molecular complexity index is 414. The molecule has 0 aliphatic heterocycles. The lowest BCUT2D eigenvalue weighted by atomic mass is 9.80. The molecule has 1 fully saturated rings. The van der Waals surface area contributed by atoms with Crippen LogP contribution in [0.1, 0.15) is 31.2 Å². The fourth-order valence-corrected chi connectivity index (χ4v) is 2.53. The zero-order chi connectivity index (χ0) is 13.2. The van der Waals surface area contributed by atoms with Crippen molar-refractivity contribution in [1.29, 1.82) is 0 Å². The van der Waals surface area contributed by atoms with Gasteiger partial charge in [0.2, 0.25) is 0 Å². The van der Waals surface area contributed by atoms with E-state index in [9.17, 15) is 8.78 Å². The van der Waals surface area contributed by atoms with Gasteiger partial charge in [-0.25, -0.2) is 8.78 Å². The van der Waals surface area contributed by atoms with E-state index in [0.29, 0.717) is 31.2 Å². The van der Waals surface area contributed by atoms with Gasteiger partial charge >= 0.3 is 0 Å². The second kappa shape index (κ2) is 5.22. The highest BCUT2D eigenvalue weighted by Crippen LogP contribution is 2.35. The first-order chi connectivity index (χ1) is 8.54. The van der Waals surface area contributed by atoms with Crippen LogP contribution in [-0.4, -0.2) is 18.8 Å². The van der Waals surface area contributed by atoms with Crippen molar-refractivity contribution in [3.05, 3.63) is 29.6 Å². The van der Waals surface area contributed by atoms with Crippen molar-refractivity contribution in [2.45, 2.75) is 43.8 Å². The Hall–Kier alpha value is -1.16. The minimum atomic E-state index is -1.33. The predicted octanol–water partition coefficient (Wildman–Crippen LogP) is 2.99. The van der Waals surface area contributed by atoms with E-state index < -0.39 is 11.5 Å². The van der Waals surface area contributed by atoms with E-state index in [-0.39, 0.29) is 18.2 Å². The summed E-state index contributed by atoms with van der Waals surface area (Å²) < 4.78 is 33.4. The van der Waals surface area contributed by atoms with E-state index >= 15 is 0 Å². The second-order valence-electron chi connectivity index (χ2n) is 5.10. The number of alkyl halides is 1. The molecule has 2 rings (SSSR count). The molecule has 1 aromatic carbocycles. The van der Waals surface area contributed by atoms with Crippen LogP contribution >= 0.6 is 0 Å². The van der Waals surface area contributed by atoms with Gasteiger partial charge in [-0.3, -0.25) is 0 Å². The lowest BCUT2D eigenvalue weighted by molar-refractivity contribution is 0.0983. The fourth-order valence-electron chi connectivity index (χ4n) is 2.53. The minimum absolute atomic E-state index is 0.0871. The second-order valence-corrected chi connectivity index (χ2v) is 5.10. The molecule has 0 bridgehead atoms. The maximum atomic E-state index is 14.6. The van der Waals surface area contributed by atoms with Gasteiger partial charge in [0.1, 0.15) is 5.67 Å². The smallest absolute Gasteiger partial charge is 0.168 e. The summed E-state index contributed by atoms with van der Waals surface area (Å²) in [5.41, 5.74) is 4.82. The molecule has 2 nitrogen and oxygen atoms in total. The van der Waals surface area contributed by atoms with Gasteiger partial charge in [-0.1, -0.05) is 12.1 Å². The van der Waals surface area contributed by atoms with Crippen LogP contribution in [0.4, 0.5) is 8.78 Å². The number of hydrogen-bond acceptors (Lipinski definition) is 2. The molecule has 0 radical (unpaired) electrons. The first kappa shape index (κ1) is 13.3. The fraction of sp³-hybridized carbons (Fsp3) is 0.571. The van der Waals surface area contributed by atoms with Crippen molar-refractivity contribution >= 4 is 0 Å². The highest BCUT2D eigenvalue weighted by molar-refractivity contribution is 5.32. The van der Waals surface area contributed by atoms with Crippen molar-refractivity contribution in [1.82, 2.24) is 0 Å². The van der Waals surface area contributed by atoms with Crippen molar-refractivity contribution in [2.24, 2.45) is 5.73 Å². The Morgan fingerprint density at radius 2 is 2.06 bits per heavy atom. The zero-order valence-corrected chi connectivity index (χ0v) is 10.6. The third-order valence-corrected chi connectivity index (χ3v) is 3.70. The summed E-state index contributed by atoms with van der Waals surface area (Å²) in [4.78, 5) is 0. The summed E-state index contributed by atoms with van der Waals surface area (Å²) in [6.07, 6.45) is 2.25. The molecule has 100 valence electrons. The molecule has 4 heteroatoms. The molecule has 2 N–H and O–H groups in total. The number of ether oxygens (including phenoxy) is 1. The van der Waals surface area contributed by atoms with E-state index in [1.165, 1.54) is 7.11 Å². The molecule has 0 unspecified atom stereocenters. The van der Waals surface area contributed by atoms with Crippen molar-refractivity contribution in [3.8, 4) is 5.75 Å². The van der Waals surface area contributed by atoms with Crippen molar-refractivity contribution < 1.29 is 13.5 Å². The molecule has 18 heavy (non-hydrogen) atoms. The van der Waals surface area contributed by atoms with Crippen LogP contribution in [0, 0.1) is 5.82 Å². The highest BCUT2D eigenvalue weighted by atomic mass is 19.1. The minimum Gasteiger partial charge on any atom is -0.494 e. The lowest BCUT2D eigenvalue weighted by Crippen LogP contribution is -2.37. The van der Waals surface area contributed by atoms with Gasteiger partial charge in [0.05, 0.1) is 7.11 Å². The van der Waals surface area contributed by atoms with Crippen LogP contribution in [0.5, 0.6) is 5.75 Å². The van der Waals surface area contributed by atoms with Gasteiger partial charge in [0.25, 0.3) is 0 Å². The predicted molar refractivity (Wildman–Crippen MR) is 66.9 cm³/mol. The molecular formula is C14H19F2NO. The van der Waals surface area contributed by atoms with Crippen molar-refractivity contribution in [2.75, 3.05) is 7.11 Å². The lowest BCUT2D eigenvalue weighted by Gasteiger charge is -2.32. The van der Waals surface area contributed by atoms with Crippen molar-refractivity contribution in [3.63, 3.8) is 0 Å². The Kier molecular flexibility index (Phi) is 3.85. The molecule has 0 amide bonds. The first-order valence-electron chi connectivity index (χ1n) is 6.30. The highest BCUT2D eigenvalue weighted by Gasteiger charge is 2.35. The summed E-state index contributed by atoms with van der Waals surface area (Å²) >= 11 is 0. The molecule has 0 spiro atoms. The topological polar surface area (TPSA) is 35.2 Å². The molecule has 1 aliphatic rings. The molecule has 1 aromatic rings.